The first-order valence-electron chi connectivity index (χ1n) is 5.31. The van der Waals surface area contributed by atoms with E-state index in [-0.39, 0.29) is 6.04 Å². The van der Waals surface area contributed by atoms with Crippen LogP contribution in [0.4, 0.5) is 0 Å². The predicted molar refractivity (Wildman–Crippen MR) is 55.0 cm³/mol. The average molecular weight is 197 g/mol. The second-order valence-electron chi connectivity index (χ2n) is 3.40. The SMILES string of the molecule is CCCCc1noc(C(CC)NC)n1. The number of hydrogen-bond acceptors (Lipinski definition) is 4. The summed E-state index contributed by atoms with van der Waals surface area (Å²) in [5.74, 6) is 1.54. The first-order valence-corrected chi connectivity index (χ1v) is 5.31. The maximum atomic E-state index is 5.18. The summed E-state index contributed by atoms with van der Waals surface area (Å²) >= 11 is 0. The van der Waals surface area contributed by atoms with Crippen LogP contribution in [0.5, 0.6) is 0 Å². The first-order chi connectivity index (χ1) is 6.81. The van der Waals surface area contributed by atoms with Crippen LogP contribution in [0.3, 0.4) is 0 Å². The Labute approximate surface area is 85.1 Å². The minimum atomic E-state index is 0.192. The fourth-order valence-corrected chi connectivity index (χ4v) is 1.35. The van der Waals surface area contributed by atoms with Crippen molar-refractivity contribution in [1.29, 1.82) is 0 Å². The summed E-state index contributed by atoms with van der Waals surface area (Å²) in [4.78, 5) is 4.35. The molecule has 14 heavy (non-hydrogen) atoms. The van der Waals surface area contributed by atoms with Crippen molar-refractivity contribution in [3.8, 4) is 0 Å². The molecule has 4 heteroatoms. The van der Waals surface area contributed by atoms with Crippen LogP contribution in [0.2, 0.25) is 0 Å². The van der Waals surface area contributed by atoms with Crippen LogP contribution in [0.1, 0.15) is 50.9 Å². The molecule has 1 aromatic heterocycles. The molecule has 0 aliphatic carbocycles. The molecule has 0 aromatic carbocycles. The quantitative estimate of drug-likeness (QED) is 0.758. The molecule has 1 rings (SSSR count). The number of hydrogen-bond donors (Lipinski definition) is 1. The number of nitrogens with one attached hydrogen (secondary N) is 1. The third kappa shape index (κ3) is 2.80. The van der Waals surface area contributed by atoms with E-state index in [1.54, 1.807) is 0 Å². The molecule has 1 atom stereocenters. The van der Waals surface area contributed by atoms with Crippen LogP contribution >= 0.6 is 0 Å². The van der Waals surface area contributed by atoms with Gasteiger partial charge in [0.25, 0.3) is 0 Å². The molecule has 1 N–H and O–H groups in total. The minimum absolute atomic E-state index is 0.192. The lowest BCUT2D eigenvalue weighted by molar-refractivity contribution is 0.331. The van der Waals surface area contributed by atoms with Crippen molar-refractivity contribution in [1.82, 2.24) is 15.5 Å². The van der Waals surface area contributed by atoms with Gasteiger partial charge in [0.05, 0.1) is 6.04 Å². The van der Waals surface area contributed by atoms with Gasteiger partial charge in [-0.15, -0.1) is 0 Å². The number of aromatic nitrogens is 2. The second kappa shape index (κ2) is 5.75. The van der Waals surface area contributed by atoms with E-state index < -0.39 is 0 Å². The van der Waals surface area contributed by atoms with Crippen molar-refractivity contribution in [2.24, 2.45) is 0 Å². The van der Waals surface area contributed by atoms with Gasteiger partial charge in [0.1, 0.15) is 0 Å². The molecule has 0 aliphatic rings. The van der Waals surface area contributed by atoms with Crippen molar-refractivity contribution in [3.05, 3.63) is 11.7 Å². The van der Waals surface area contributed by atoms with Gasteiger partial charge in [0, 0.05) is 6.42 Å². The zero-order chi connectivity index (χ0) is 10.4. The number of nitrogens with zero attached hydrogens (tertiary/aromatic N) is 2. The average Bonchev–Trinajstić information content (AvgIpc) is 2.65. The van der Waals surface area contributed by atoms with Crippen LogP contribution in [-0.2, 0) is 6.42 Å². The maximum absolute atomic E-state index is 5.18. The van der Waals surface area contributed by atoms with Crippen molar-refractivity contribution in [2.45, 2.75) is 45.6 Å². The molecule has 0 fully saturated rings. The first kappa shape index (κ1) is 11.2. The van der Waals surface area contributed by atoms with E-state index in [2.05, 4.69) is 29.3 Å². The third-order valence-electron chi connectivity index (χ3n) is 2.29. The molecule has 0 amide bonds. The Balaban J connectivity index is 2.57. The van der Waals surface area contributed by atoms with Crippen LogP contribution in [0, 0.1) is 0 Å². The third-order valence-corrected chi connectivity index (χ3v) is 2.29. The highest BCUT2D eigenvalue weighted by Gasteiger charge is 2.14. The molecule has 1 aromatic rings. The van der Waals surface area contributed by atoms with Gasteiger partial charge in [-0.1, -0.05) is 25.4 Å². The number of unbranched alkanes of at least 4 members (excludes halogenated alkanes) is 1. The highest BCUT2D eigenvalue weighted by atomic mass is 16.5. The summed E-state index contributed by atoms with van der Waals surface area (Å²) in [7, 11) is 1.91. The van der Waals surface area contributed by atoms with Crippen molar-refractivity contribution in [3.63, 3.8) is 0 Å². The van der Waals surface area contributed by atoms with E-state index in [0.717, 1.165) is 31.5 Å². The lowest BCUT2D eigenvalue weighted by atomic mass is 10.2. The number of aryl methyl sites for hydroxylation is 1. The molecule has 0 radical (unpaired) electrons. The lowest BCUT2D eigenvalue weighted by Gasteiger charge is -2.06. The molecule has 4 nitrogen and oxygen atoms in total. The van der Waals surface area contributed by atoms with E-state index in [9.17, 15) is 0 Å². The molecule has 0 saturated heterocycles. The summed E-state index contributed by atoms with van der Waals surface area (Å²) in [6, 6.07) is 0.192. The van der Waals surface area contributed by atoms with E-state index in [1.807, 2.05) is 7.05 Å². The molecule has 80 valence electrons. The molecular formula is C10H19N3O. The Morgan fingerprint density at radius 2 is 2.21 bits per heavy atom. The van der Waals surface area contributed by atoms with Crippen molar-refractivity contribution < 1.29 is 4.52 Å². The van der Waals surface area contributed by atoms with Gasteiger partial charge in [-0.2, -0.15) is 4.98 Å². The highest BCUT2D eigenvalue weighted by Crippen LogP contribution is 2.13. The fraction of sp³-hybridized carbons (Fsp3) is 0.800. The largest absolute Gasteiger partial charge is 0.338 e. The van der Waals surface area contributed by atoms with E-state index in [1.165, 1.54) is 0 Å². The van der Waals surface area contributed by atoms with E-state index in [4.69, 9.17) is 4.52 Å². The molecule has 1 heterocycles. The normalized spacial score (nSPS) is 13.1. The van der Waals surface area contributed by atoms with Gasteiger partial charge < -0.3 is 9.84 Å². The van der Waals surface area contributed by atoms with Gasteiger partial charge in [-0.05, 0) is 19.9 Å². The summed E-state index contributed by atoms with van der Waals surface area (Å²) in [5.41, 5.74) is 0. The van der Waals surface area contributed by atoms with Crippen LogP contribution in [-0.4, -0.2) is 17.2 Å². The van der Waals surface area contributed by atoms with Crippen molar-refractivity contribution >= 4 is 0 Å². The van der Waals surface area contributed by atoms with Crippen LogP contribution in [0.25, 0.3) is 0 Å². The molecule has 0 bridgehead atoms. The smallest absolute Gasteiger partial charge is 0.243 e. The zero-order valence-electron chi connectivity index (χ0n) is 9.21. The summed E-state index contributed by atoms with van der Waals surface area (Å²) in [5, 5.41) is 7.09. The summed E-state index contributed by atoms with van der Waals surface area (Å²) in [6.07, 6.45) is 4.16. The second-order valence-corrected chi connectivity index (χ2v) is 3.40. The van der Waals surface area contributed by atoms with Crippen LogP contribution < -0.4 is 5.32 Å². The van der Waals surface area contributed by atoms with Gasteiger partial charge in [-0.25, -0.2) is 0 Å². The molecule has 0 saturated carbocycles. The molecule has 1 unspecified atom stereocenters. The Kier molecular flexibility index (Phi) is 4.59. The van der Waals surface area contributed by atoms with E-state index >= 15 is 0 Å². The molecule has 0 aliphatic heterocycles. The van der Waals surface area contributed by atoms with Gasteiger partial charge in [0.15, 0.2) is 5.82 Å². The Morgan fingerprint density at radius 3 is 2.79 bits per heavy atom. The maximum Gasteiger partial charge on any atom is 0.243 e. The summed E-state index contributed by atoms with van der Waals surface area (Å²) in [6.45, 7) is 4.25. The minimum Gasteiger partial charge on any atom is -0.338 e. The molecular weight excluding hydrogens is 178 g/mol. The van der Waals surface area contributed by atoms with Gasteiger partial charge >= 0.3 is 0 Å². The fourth-order valence-electron chi connectivity index (χ4n) is 1.35. The van der Waals surface area contributed by atoms with Gasteiger partial charge in [0.2, 0.25) is 5.89 Å². The monoisotopic (exact) mass is 197 g/mol. The number of rotatable bonds is 6. The zero-order valence-corrected chi connectivity index (χ0v) is 9.21. The van der Waals surface area contributed by atoms with E-state index in [0.29, 0.717) is 5.89 Å². The molecule has 0 spiro atoms. The van der Waals surface area contributed by atoms with Crippen molar-refractivity contribution in [2.75, 3.05) is 7.05 Å². The predicted octanol–water partition coefficient (Wildman–Crippen LogP) is 2.08. The van der Waals surface area contributed by atoms with Gasteiger partial charge in [-0.3, -0.25) is 0 Å². The lowest BCUT2D eigenvalue weighted by Crippen LogP contribution is -2.15. The standard InChI is InChI=1S/C10H19N3O/c1-4-6-7-9-12-10(14-13-9)8(5-2)11-3/h8,11H,4-7H2,1-3H3. The Morgan fingerprint density at radius 1 is 1.43 bits per heavy atom. The Hall–Kier alpha value is -0.900. The Bertz CT molecular complexity index is 256. The topological polar surface area (TPSA) is 51.0 Å². The summed E-state index contributed by atoms with van der Waals surface area (Å²) < 4.78 is 5.18. The highest BCUT2D eigenvalue weighted by molar-refractivity contribution is 4.92. The van der Waals surface area contributed by atoms with Crippen LogP contribution in [0.15, 0.2) is 4.52 Å².